The molecule has 0 heterocycles. The summed E-state index contributed by atoms with van der Waals surface area (Å²) >= 11 is 0. The van der Waals surface area contributed by atoms with Crippen molar-refractivity contribution in [3.8, 4) is 5.75 Å². The monoisotopic (exact) mass is 417 g/mol. The Hall–Kier alpha value is -1.92. The molecule has 2 aromatic rings. The van der Waals surface area contributed by atoms with Crippen LogP contribution in [-0.2, 0) is 17.8 Å². The van der Waals surface area contributed by atoms with Gasteiger partial charge in [0, 0.05) is 25.3 Å². The molecule has 0 aromatic heterocycles. The van der Waals surface area contributed by atoms with Gasteiger partial charge in [-0.1, -0.05) is 49.2 Å². The first-order valence-electron chi connectivity index (χ1n) is 11.9. The van der Waals surface area contributed by atoms with Crippen molar-refractivity contribution < 1.29 is 22.8 Å². The molecule has 166 valence electrons. The topological polar surface area (TPSA) is 82.0 Å². The standard InChI is InChI=1S/C25H37NO4/c27-20-23-18-22(13-14-24(23)28)25(29)19-26-15-7-1-2-8-16-30-17-9-6-12-21-10-4-3-5-11-21/h3-5,10-11,13-14,18,25-29H,1-2,6-9,12,15-17,19-20H2/i17D2. The molecule has 0 aliphatic carbocycles. The van der Waals surface area contributed by atoms with Crippen LogP contribution in [0, 0.1) is 0 Å². The number of aliphatic hydroxyl groups excluding tert-OH is 2. The van der Waals surface area contributed by atoms with E-state index < -0.39 is 12.7 Å². The van der Waals surface area contributed by atoms with E-state index in [1.54, 1.807) is 12.1 Å². The third-order valence-corrected chi connectivity index (χ3v) is 5.04. The van der Waals surface area contributed by atoms with Crippen LogP contribution in [0.2, 0.25) is 0 Å². The van der Waals surface area contributed by atoms with Gasteiger partial charge in [-0.15, -0.1) is 0 Å². The summed E-state index contributed by atoms with van der Waals surface area (Å²) in [6.45, 7) is -0.223. The number of unbranched alkanes of at least 4 members (excludes halogenated alkanes) is 3. The fourth-order valence-corrected chi connectivity index (χ4v) is 3.23. The van der Waals surface area contributed by atoms with E-state index in [4.69, 9.17) is 7.48 Å². The van der Waals surface area contributed by atoms with Crippen LogP contribution < -0.4 is 5.32 Å². The van der Waals surface area contributed by atoms with Gasteiger partial charge in [-0.25, -0.2) is 0 Å². The number of nitrogens with one attached hydrogen (secondary N) is 1. The van der Waals surface area contributed by atoms with E-state index in [2.05, 4.69) is 17.4 Å². The summed E-state index contributed by atoms with van der Waals surface area (Å²) in [5, 5.41) is 32.2. The maximum atomic E-state index is 10.2. The lowest BCUT2D eigenvalue weighted by molar-refractivity contribution is 0.126. The number of aliphatic hydroxyl groups is 2. The van der Waals surface area contributed by atoms with Crippen molar-refractivity contribution in [3.05, 3.63) is 65.2 Å². The van der Waals surface area contributed by atoms with E-state index in [9.17, 15) is 15.3 Å². The van der Waals surface area contributed by atoms with Crippen LogP contribution in [0.1, 0.15) is 64.1 Å². The molecule has 30 heavy (non-hydrogen) atoms. The van der Waals surface area contributed by atoms with Gasteiger partial charge in [-0.2, -0.15) is 0 Å². The molecule has 1 unspecified atom stereocenters. The van der Waals surface area contributed by atoms with Gasteiger partial charge in [0.1, 0.15) is 5.75 Å². The largest absolute Gasteiger partial charge is 0.508 e. The number of rotatable bonds is 16. The van der Waals surface area contributed by atoms with Gasteiger partial charge in [0.2, 0.25) is 0 Å². The van der Waals surface area contributed by atoms with Gasteiger partial charge in [-0.3, -0.25) is 0 Å². The molecule has 2 rings (SSSR count). The number of hydrogen-bond donors (Lipinski definition) is 4. The van der Waals surface area contributed by atoms with Crippen LogP contribution in [0.25, 0.3) is 0 Å². The minimum atomic E-state index is -1.57. The lowest BCUT2D eigenvalue weighted by atomic mass is 10.1. The third kappa shape index (κ3) is 9.72. The Morgan fingerprint density at radius 1 is 0.967 bits per heavy atom. The fraction of sp³-hybridized carbons (Fsp3) is 0.520. The molecule has 0 saturated heterocycles. The quantitative estimate of drug-likeness (QED) is 0.309. The molecule has 5 nitrogen and oxygen atoms in total. The lowest BCUT2D eigenvalue weighted by Crippen LogP contribution is -2.22. The molecule has 0 fully saturated rings. The molecule has 1 atom stereocenters. The van der Waals surface area contributed by atoms with Gasteiger partial charge in [0.25, 0.3) is 0 Å². The van der Waals surface area contributed by atoms with Gasteiger partial charge in [0.15, 0.2) is 0 Å². The summed E-state index contributed by atoms with van der Waals surface area (Å²) in [4.78, 5) is 0. The summed E-state index contributed by atoms with van der Waals surface area (Å²) < 4.78 is 21.4. The van der Waals surface area contributed by atoms with E-state index in [-0.39, 0.29) is 12.4 Å². The number of hydrogen-bond acceptors (Lipinski definition) is 5. The average molecular weight is 418 g/mol. The van der Waals surface area contributed by atoms with Crippen LogP contribution in [0.5, 0.6) is 5.75 Å². The Morgan fingerprint density at radius 2 is 1.77 bits per heavy atom. The zero-order valence-electron chi connectivity index (χ0n) is 19.7. The molecular weight excluding hydrogens is 378 g/mol. The zero-order valence-corrected chi connectivity index (χ0v) is 17.7. The van der Waals surface area contributed by atoms with Gasteiger partial charge in [0.05, 0.1) is 15.5 Å². The van der Waals surface area contributed by atoms with E-state index in [1.165, 1.54) is 11.6 Å². The smallest absolute Gasteiger partial charge is 0.121 e. The Kier molecular flexibility index (Phi) is 10.6. The molecule has 0 aliphatic rings. The highest BCUT2D eigenvalue weighted by Crippen LogP contribution is 2.22. The first kappa shape index (κ1) is 21.3. The molecule has 5 heteroatoms. The summed E-state index contributed by atoms with van der Waals surface area (Å²) in [6.07, 6.45) is 5.11. The predicted octanol–water partition coefficient (Wildman–Crippen LogP) is 4.11. The SMILES string of the molecule is [2H]C([2H])(CCCc1ccccc1)OCCCCCCNCC(O)c1ccc(O)c(CO)c1. The van der Waals surface area contributed by atoms with Crippen molar-refractivity contribution in [3.63, 3.8) is 0 Å². The molecule has 4 N–H and O–H groups in total. The Morgan fingerprint density at radius 3 is 2.57 bits per heavy atom. The maximum absolute atomic E-state index is 10.2. The summed E-state index contributed by atoms with van der Waals surface area (Å²) in [5.41, 5.74) is 2.29. The highest BCUT2D eigenvalue weighted by atomic mass is 16.5. The lowest BCUT2D eigenvalue weighted by Gasteiger charge is -2.14. The van der Waals surface area contributed by atoms with Crippen LogP contribution in [-0.4, -0.2) is 41.6 Å². The Bertz CT molecular complexity index is 774. The third-order valence-electron chi connectivity index (χ3n) is 5.04. The second kappa shape index (κ2) is 15.0. The van der Waals surface area contributed by atoms with Crippen LogP contribution >= 0.6 is 0 Å². The van der Waals surface area contributed by atoms with Crippen molar-refractivity contribution in [1.82, 2.24) is 5.32 Å². The summed E-state index contributed by atoms with van der Waals surface area (Å²) in [7, 11) is 0. The van der Waals surface area contributed by atoms with Crippen molar-refractivity contribution in [2.75, 3.05) is 26.3 Å². The summed E-state index contributed by atoms with van der Waals surface area (Å²) in [6, 6.07) is 14.9. The van der Waals surface area contributed by atoms with Gasteiger partial charge in [-0.05, 0) is 61.9 Å². The molecule has 0 amide bonds. The van der Waals surface area contributed by atoms with Crippen molar-refractivity contribution in [1.29, 1.82) is 0 Å². The molecule has 0 spiro atoms. The minimum Gasteiger partial charge on any atom is -0.508 e. The van der Waals surface area contributed by atoms with Crippen LogP contribution in [0.4, 0.5) is 0 Å². The van der Waals surface area contributed by atoms with E-state index in [1.807, 2.05) is 18.2 Å². The molecule has 0 saturated carbocycles. The zero-order chi connectivity index (χ0) is 23.2. The molecule has 0 radical (unpaired) electrons. The van der Waals surface area contributed by atoms with E-state index in [0.717, 1.165) is 45.1 Å². The van der Waals surface area contributed by atoms with Crippen molar-refractivity contribution in [2.24, 2.45) is 0 Å². The average Bonchev–Trinajstić information content (AvgIpc) is 2.78. The second-order valence-corrected chi connectivity index (χ2v) is 7.51. The highest BCUT2D eigenvalue weighted by molar-refractivity contribution is 5.36. The Balaban J connectivity index is 1.47. The molecule has 2 aromatic carbocycles. The molecular formula is C25H37NO4. The van der Waals surface area contributed by atoms with Gasteiger partial charge < -0.3 is 25.4 Å². The maximum Gasteiger partial charge on any atom is 0.121 e. The predicted molar refractivity (Wildman–Crippen MR) is 121 cm³/mol. The van der Waals surface area contributed by atoms with Gasteiger partial charge >= 0.3 is 0 Å². The molecule has 0 bridgehead atoms. The Labute approximate surface area is 183 Å². The normalized spacial score (nSPS) is 13.7. The van der Waals surface area contributed by atoms with Crippen molar-refractivity contribution in [2.45, 2.75) is 57.7 Å². The number of aryl methyl sites for hydroxylation is 1. The molecule has 0 aliphatic heterocycles. The minimum absolute atomic E-state index is 0.0284. The summed E-state index contributed by atoms with van der Waals surface area (Å²) in [5.74, 6) is 0.0284. The number of phenols is 1. The van der Waals surface area contributed by atoms with Crippen molar-refractivity contribution >= 4 is 0 Å². The number of ether oxygens (including phenoxy) is 1. The highest BCUT2D eigenvalue weighted by Gasteiger charge is 2.09. The number of aromatic hydroxyl groups is 1. The first-order valence-corrected chi connectivity index (χ1v) is 10.9. The second-order valence-electron chi connectivity index (χ2n) is 7.51. The van der Waals surface area contributed by atoms with Crippen LogP contribution in [0.3, 0.4) is 0 Å². The number of benzene rings is 2. The van der Waals surface area contributed by atoms with E-state index in [0.29, 0.717) is 30.7 Å². The fourth-order valence-electron chi connectivity index (χ4n) is 3.23. The first-order chi connectivity index (χ1) is 15.4. The van der Waals surface area contributed by atoms with E-state index >= 15 is 0 Å². The van der Waals surface area contributed by atoms with Crippen LogP contribution in [0.15, 0.2) is 48.5 Å².